The highest BCUT2D eigenvalue weighted by Crippen LogP contribution is 2.26. The van der Waals surface area contributed by atoms with Crippen molar-refractivity contribution in [2.75, 3.05) is 6.54 Å². The van der Waals surface area contributed by atoms with Gasteiger partial charge in [0.1, 0.15) is 0 Å². The Morgan fingerprint density at radius 3 is 2.95 bits per heavy atom. The molecule has 0 unspecified atom stereocenters. The quantitative estimate of drug-likeness (QED) is 0.825. The molecule has 6 heteroatoms. The highest BCUT2D eigenvalue weighted by Gasteiger charge is 2.10. The van der Waals surface area contributed by atoms with E-state index in [0.29, 0.717) is 16.6 Å². The smallest absolute Gasteiger partial charge is 0.340 e. The Labute approximate surface area is 113 Å². The van der Waals surface area contributed by atoms with Crippen LogP contribution in [0.3, 0.4) is 0 Å². The van der Waals surface area contributed by atoms with Gasteiger partial charge in [-0.3, -0.25) is 4.79 Å². The third-order valence-electron chi connectivity index (χ3n) is 2.45. The summed E-state index contributed by atoms with van der Waals surface area (Å²) in [7, 11) is 0. The van der Waals surface area contributed by atoms with E-state index < -0.39 is 6.03 Å². The molecular formula is C13H12N2O3S. The number of carbonyl (C=O) groups is 1. The first-order chi connectivity index (χ1) is 9.13. The van der Waals surface area contributed by atoms with Crippen LogP contribution in [0.2, 0.25) is 0 Å². The number of hydrogen-bond acceptors (Lipinski definition) is 4. The molecule has 0 spiro atoms. The molecule has 1 aromatic heterocycles. The standard InChI is InChI=1S/C13H12N2O3S/c1-2-14-13(18)15-7-9-11(16)8-5-3-4-6-10(8)19-12(9)17/h3-7,17H,2H2,1H3,(H,14,18)/b15-7+. The summed E-state index contributed by atoms with van der Waals surface area (Å²) in [5.41, 5.74) is -0.296. The van der Waals surface area contributed by atoms with E-state index in [0.717, 1.165) is 17.6 Å². The predicted octanol–water partition coefficient (Wildman–Crippen LogP) is 2.12. The number of aliphatic imine (C=N–C) groups is 1. The van der Waals surface area contributed by atoms with Gasteiger partial charge in [-0.25, -0.2) is 9.79 Å². The number of amides is 2. The van der Waals surface area contributed by atoms with E-state index >= 15 is 0 Å². The Kier molecular flexibility index (Phi) is 3.91. The lowest BCUT2D eigenvalue weighted by Crippen LogP contribution is -2.19. The van der Waals surface area contributed by atoms with Gasteiger partial charge >= 0.3 is 6.03 Å². The average molecular weight is 276 g/mol. The maximum atomic E-state index is 12.1. The number of nitrogens with zero attached hydrogens (tertiary/aromatic N) is 1. The van der Waals surface area contributed by atoms with Crippen LogP contribution in [0.25, 0.3) is 10.1 Å². The second kappa shape index (κ2) is 5.62. The lowest BCUT2D eigenvalue weighted by molar-refractivity contribution is 0.250. The number of rotatable bonds is 2. The number of carbonyl (C=O) groups excluding carboxylic acids is 1. The molecule has 2 aromatic rings. The third-order valence-corrected chi connectivity index (χ3v) is 3.44. The normalized spacial score (nSPS) is 11.0. The van der Waals surface area contributed by atoms with Gasteiger partial charge in [0.2, 0.25) is 5.43 Å². The first-order valence-corrected chi connectivity index (χ1v) is 6.52. The maximum absolute atomic E-state index is 12.1. The van der Waals surface area contributed by atoms with Crippen LogP contribution in [0, 0.1) is 0 Å². The van der Waals surface area contributed by atoms with Crippen molar-refractivity contribution in [3.8, 4) is 5.06 Å². The van der Waals surface area contributed by atoms with E-state index in [4.69, 9.17) is 0 Å². The van der Waals surface area contributed by atoms with Crippen molar-refractivity contribution in [3.63, 3.8) is 0 Å². The molecule has 0 radical (unpaired) electrons. The highest BCUT2D eigenvalue weighted by molar-refractivity contribution is 7.20. The van der Waals surface area contributed by atoms with Crippen molar-refractivity contribution >= 4 is 33.7 Å². The van der Waals surface area contributed by atoms with E-state index in [9.17, 15) is 14.7 Å². The van der Waals surface area contributed by atoms with Gasteiger partial charge in [-0.05, 0) is 19.1 Å². The van der Waals surface area contributed by atoms with Crippen LogP contribution in [-0.4, -0.2) is 23.9 Å². The van der Waals surface area contributed by atoms with Gasteiger partial charge in [-0.15, -0.1) is 0 Å². The van der Waals surface area contributed by atoms with E-state index in [1.165, 1.54) is 0 Å². The summed E-state index contributed by atoms with van der Waals surface area (Å²) < 4.78 is 0.695. The molecular weight excluding hydrogens is 264 g/mol. The van der Waals surface area contributed by atoms with Crippen LogP contribution in [0.5, 0.6) is 5.06 Å². The molecule has 0 aliphatic rings. The highest BCUT2D eigenvalue weighted by atomic mass is 32.1. The summed E-state index contributed by atoms with van der Waals surface area (Å²) in [6.07, 6.45) is 1.10. The molecule has 0 bridgehead atoms. The fourth-order valence-electron chi connectivity index (χ4n) is 1.58. The minimum absolute atomic E-state index is 0.0370. The van der Waals surface area contributed by atoms with Crippen LogP contribution >= 0.6 is 11.3 Å². The Bertz CT molecular complexity index is 707. The molecule has 0 atom stereocenters. The number of urea groups is 1. The summed E-state index contributed by atoms with van der Waals surface area (Å²) >= 11 is 1.08. The van der Waals surface area contributed by atoms with Gasteiger partial charge in [0.05, 0.1) is 5.56 Å². The topological polar surface area (TPSA) is 78.8 Å². The first-order valence-electron chi connectivity index (χ1n) is 5.70. The van der Waals surface area contributed by atoms with E-state index in [-0.39, 0.29) is 16.1 Å². The Morgan fingerprint density at radius 1 is 1.47 bits per heavy atom. The Morgan fingerprint density at radius 2 is 2.21 bits per heavy atom. The number of aromatic hydroxyl groups is 1. The van der Waals surface area contributed by atoms with Crippen molar-refractivity contribution in [1.82, 2.24) is 5.32 Å². The molecule has 0 aliphatic carbocycles. The first kappa shape index (κ1) is 13.2. The summed E-state index contributed by atoms with van der Waals surface area (Å²) in [6, 6.07) is 6.43. The summed E-state index contributed by atoms with van der Waals surface area (Å²) in [6.45, 7) is 2.22. The van der Waals surface area contributed by atoms with Gasteiger partial charge in [-0.2, -0.15) is 0 Å². The Hall–Kier alpha value is -2.21. The molecule has 0 saturated carbocycles. The molecule has 1 aromatic carbocycles. The van der Waals surface area contributed by atoms with Crippen molar-refractivity contribution in [3.05, 3.63) is 40.1 Å². The minimum atomic E-state index is -0.542. The fourth-order valence-corrected chi connectivity index (χ4v) is 2.46. The molecule has 2 rings (SSSR count). The zero-order valence-electron chi connectivity index (χ0n) is 10.2. The second-order valence-corrected chi connectivity index (χ2v) is 4.77. The summed E-state index contributed by atoms with van der Waals surface area (Å²) in [4.78, 5) is 26.9. The molecule has 2 amide bonds. The van der Waals surface area contributed by atoms with Gasteiger partial charge in [0.25, 0.3) is 0 Å². The predicted molar refractivity (Wildman–Crippen MR) is 76.4 cm³/mol. The van der Waals surface area contributed by atoms with Crippen molar-refractivity contribution < 1.29 is 9.90 Å². The molecule has 2 N–H and O–H groups in total. The van der Waals surface area contributed by atoms with Crippen LogP contribution < -0.4 is 10.7 Å². The van der Waals surface area contributed by atoms with Gasteiger partial charge in [0, 0.05) is 22.8 Å². The van der Waals surface area contributed by atoms with Gasteiger partial charge < -0.3 is 10.4 Å². The van der Waals surface area contributed by atoms with Crippen molar-refractivity contribution in [1.29, 1.82) is 0 Å². The average Bonchev–Trinajstić information content (AvgIpc) is 2.39. The zero-order chi connectivity index (χ0) is 13.8. The van der Waals surface area contributed by atoms with E-state index in [1.807, 2.05) is 0 Å². The fraction of sp³-hybridized carbons (Fsp3) is 0.154. The number of benzene rings is 1. The van der Waals surface area contributed by atoms with Gasteiger partial charge in [-0.1, -0.05) is 23.5 Å². The number of hydrogen-bond donors (Lipinski definition) is 2. The van der Waals surface area contributed by atoms with Gasteiger partial charge in [0.15, 0.2) is 5.06 Å². The van der Waals surface area contributed by atoms with Crippen molar-refractivity contribution in [2.24, 2.45) is 4.99 Å². The van der Waals surface area contributed by atoms with Crippen molar-refractivity contribution in [2.45, 2.75) is 6.92 Å². The van der Waals surface area contributed by atoms with Crippen LogP contribution in [0.4, 0.5) is 4.79 Å². The largest absolute Gasteiger partial charge is 0.499 e. The second-order valence-electron chi connectivity index (χ2n) is 3.74. The van der Waals surface area contributed by atoms with E-state index in [1.54, 1.807) is 31.2 Å². The molecule has 5 nitrogen and oxygen atoms in total. The lowest BCUT2D eigenvalue weighted by atomic mass is 10.2. The zero-order valence-corrected chi connectivity index (χ0v) is 11.0. The minimum Gasteiger partial charge on any atom is -0.499 e. The SMILES string of the molecule is CCNC(=O)/N=C/c1c(O)sc2ccccc2c1=O. The number of nitrogens with one attached hydrogen (secondary N) is 1. The summed E-state index contributed by atoms with van der Waals surface area (Å²) in [5, 5.41) is 12.7. The molecule has 1 heterocycles. The molecule has 98 valence electrons. The van der Waals surface area contributed by atoms with Crippen LogP contribution in [0.15, 0.2) is 34.1 Å². The molecule has 0 fully saturated rings. The third kappa shape index (κ3) is 2.79. The molecule has 0 saturated heterocycles. The van der Waals surface area contributed by atoms with E-state index in [2.05, 4.69) is 10.3 Å². The van der Waals surface area contributed by atoms with Crippen LogP contribution in [0.1, 0.15) is 12.5 Å². The lowest BCUT2D eigenvalue weighted by Gasteiger charge is -2.00. The molecule has 0 aliphatic heterocycles. The monoisotopic (exact) mass is 276 g/mol. The maximum Gasteiger partial charge on any atom is 0.340 e. The van der Waals surface area contributed by atoms with Crippen LogP contribution in [-0.2, 0) is 0 Å². The molecule has 19 heavy (non-hydrogen) atoms. The Balaban J connectivity index is 2.49. The number of fused-ring (bicyclic) bond motifs is 1. The summed E-state index contributed by atoms with van der Waals surface area (Å²) in [5.74, 6) is 0.